The minimum absolute atomic E-state index is 0.210. The summed E-state index contributed by atoms with van der Waals surface area (Å²) in [5.41, 5.74) is 5.51. The van der Waals surface area contributed by atoms with Crippen LogP contribution >= 0.6 is 0 Å². The van der Waals surface area contributed by atoms with Crippen LogP contribution in [0.2, 0.25) is 0 Å². The van der Waals surface area contributed by atoms with E-state index in [9.17, 15) is 4.79 Å². The molecular formula is C26H41NO2. The normalized spacial score (nSPS) is 18.2. The topological polar surface area (TPSA) is 38.7 Å². The molecular weight excluding hydrogens is 358 g/mol. The number of ether oxygens (including phenoxy) is 1. The number of cyclic esters (lactones) is 1. The first kappa shape index (κ1) is 25.1. The molecule has 0 aromatic rings. The second-order valence-electron chi connectivity index (χ2n) is 9.02. The number of nitrogens with zero attached hydrogens (tertiary/aromatic N) is 1. The van der Waals surface area contributed by atoms with E-state index in [1.54, 1.807) is 0 Å². The second-order valence-corrected chi connectivity index (χ2v) is 9.02. The first-order valence-electron chi connectivity index (χ1n) is 11.1. The van der Waals surface area contributed by atoms with E-state index in [-0.39, 0.29) is 12.0 Å². The number of carbonyl (C=O) groups excluding carboxylic acids is 1. The van der Waals surface area contributed by atoms with E-state index in [1.807, 2.05) is 6.08 Å². The van der Waals surface area contributed by atoms with Crippen LogP contribution in [-0.2, 0) is 9.53 Å². The summed E-state index contributed by atoms with van der Waals surface area (Å²) in [6.45, 7) is 15.0. The first-order valence-corrected chi connectivity index (χ1v) is 11.1. The molecule has 1 aliphatic heterocycles. The highest BCUT2D eigenvalue weighted by molar-refractivity contribution is 6.02. The lowest BCUT2D eigenvalue weighted by Gasteiger charge is -2.05. The van der Waals surface area contributed by atoms with Gasteiger partial charge in [-0.1, -0.05) is 54.4 Å². The van der Waals surface area contributed by atoms with E-state index < -0.39 is 0 Å². The Labute approximate surface area is 178 Å². The summed E-state index contributed by atoms with van der Waals surface area (Å²) >= 11 is 0. The Bertz CT molecular complexity index is 685. The monoisotopic (exact) mass is 399 g/mol. The predicted octanol–water partition coefficient (Wildman–Crippen LogP) is 7.50. The van der Waals surface area contributed by atoms with E-state index in [2.05, 4.69) is 71.7 Å². The van der Waals surface area contributed by atoms with Crippen molar-refractivity contribution in [2.45, 2.75) is 99.5 Å². The van der Waals surface area contributed by atoms with Gasteiger partial charge in [0.25, 0.3) is 0 Å². The van der Waals surface area contributed by atoms with Gasteiger partial charge < -0.3 is 4.74 Å². The number of hydrogen-bond acceptors (Lipinski definition) is 3. The molecule has 0 saturated carbocycles. The Balaban J connectivity index is 2.37. The summed E-state index contributed by atoms with van der Waals surface area (Å²) in [5.74, 6) is 0.704. The van der Waals surface area contributed by atoms with Crippen molar-refractivity contribution in [3.63, 3.8) is 0 Å². The molecule has 0 spiro atoms. The van der Waals surface area contributed by atoms with Gasteiger partial charge in [0.1, 0.15) is 0 Å². The fraction of sp³-hybridized carbons (Fsp3) is 0.615. The first-order chi connectivity index (χ1) is 13.7. The molecule has 0 radical (unpaired) electrons. The fourth-order valence-corrected chi connectivity index (χ4v) is 3.23. The number of hydrogen-bond donors (Lipinski definition) is 0. The number of allylic oxidation sites excluding steroid dienone is 7. The molecule has 0 saturated heterocycles. The standard InChI is InChI=1S/C26H41NO2/c1-19(2)11-8-12-21(5)13-9-14-22(6)15-10-16-23(7)18-25-27-24(17-20(3)4)26(28)29-25/h11,13,15,18,20,24H,8-10,12,14,16-17H2,1-7H3/b21-13+,22-15+,23-18+/t24-/m1/s1. The molecule has 0 N–H and O–H groups in total. The number of rotatable bonds is 12. The summed E-state index contributed by atoms with van der Waals surface area (Å²) in [5, 5.41) is 0. The van der Waals surface area contributed by atoms with E-state index in [1.165, 1.54) is 22.3 Å². The average molecular weight is 400 g/mol. The Morgan fingerprint density at radius 3 is 1.93 bits per heavy atom. The molecule has 3 heteroatoms. The highest BCUT2D eigenvalue weighted by atomic mass is 16.6. The Morgan fingerprint density at radius 1 is 0.897 bits per heavy atom. The van der Waals surface area contributed by atoms with Crippen LogP contribution < -0.4 is 0 Å². The van der Waals surface area contributed by atoms with Crippen molar-refractivity contribution >= 4 is 11.9 Å². The third kappa shape index (κ3) is 11.6. The highest BCUT2D eigenvalue weighted by Crippen LogP contribution is 2.18. The summed E-state index contributed by atoms with van der Waals surface area (Å²) < 4.78 is 5.30. The van der Waals surface area contributed by atoms with Crippen molar-refractivity contribution in [2.75, 3.05) is 0 Å². The van der Waals surface area contributed by atoms with E-state index in [4.69, 9.17) is 4.74 Å². The lowest BCUT2D eigenvalue weighted by molar-refractivity contribution is -0.135. The molecule has 1 heterocycles. The molecule has 162 valence electrons. The maximum Gasteiger partial charge on any atom is 0.337 e. The van der Waals surface area contributed by atoms with Gasteiger partial charge >= 0.3 is 5.97 Å². The van der Waals surface area contributed by atoms with Crippen molar-refractivity contribution < 1.29 is 9.53 Å². The van der Waals surface area contributed by atoms with Crippen LogP contribution in [0.1, 0.15) is 93.4 Å². The van der Waals surface area contributed by atoms with Crippen LogP contribution in [-0.4, -0.2) is 17.9 Å². The third-order valence-electron chi connectivity index (χ3n) is 4.98. The summed E-state index contributed by atoms with van der Waals surface area (Å²) in [7, 11) is 0. The molecule has 0 aromatic heterocycles. The van der Waals surface area contributed by atoms with Gasteiger partial charge in [0.15, 0.2) is 6.04 Å². The van der Waals surface area contributed by atoms with Gasteiger partial charge in [-0.25, -0.2) is 9.79 Å². The summed E-state index contributed by atoms with van der Waals surface area (Å²) in [6.07, 6.45) is 16.2. The van der Waals surface area contributed by atoms with Gasteiger partial charge in [-0.2, -0.15) is 0 Å². The van der Waals surface area contributed by atoms with Crippen molar-refractivity contribution in [1.82, 2.24) is 0 Å². The van der Waals surface area contributed by atoms with Gasteiger partial charge in [-0.15, -0.1) is 0 Å². The molecule has 1 rings (SSSR count). The third-order valence-corrected chi connectivity index (χ3v) is 4.98. The van der Waals surface area contributed by atoms with Gasteiger partial charge in [0.2, 0.25) is 5.90 Å². The number of aliphatic imine (C=N–C) groups is 1. The number of carbonyl (C=O) groups is 1. The molecule has 0 aliphatic carbocycles. The van der Waals surface area contributed by atoms with Crippen LogP contribution in [0, 0.1) is 5.92 Å². The Hall–Kier alpha value is -1.90. The minimum atomic E-state index is -0.324. The van der Waals surface area contributed by atoms with Gasteiger partial charge in [0.05, 0.1) is 0 Å². The van der Waals surface area contributed by atoms with Crippen LogP contribution in [0.5, 0.6) is 0 Å². The van der Waals surface area contributed by atoms with Crippen LogP contribution in [0.4, 0.5) is 0 Å². The molecule has 1 aliphatic rings. The van der Waals surface area contributed by atoms with Gasteiger partial charge in [0, 0.05) is 0 Å². The molecule has 0 bridgehead atoms. The predicted molar refractivity (Wildman–Crippen MR) is 125 cm³/mol. The van der Waals surface area contributed by atoms with Crippen LogP contribution in [0.3, 0.4) is 0 Å². The quantitative estimate of drug-likeness (QED) is 0.252. The highest BCUT2D eigenvalue weighted by Gasteiger charge is 2.28. The van der Waals surface area contributed by atoms with Crippen molar-refractivity contribution in [1.29, 1.82) is 0 Å². The summed E-state index contributed by atoms with van der Waals surface area (Å²) in [6, 6.07) is -0.324. The summed E-state index contributed by atoms with van der Waals surface area (Å²) in [4.78, 5) is 16.3. The van der Waals surface area contributed by atoms with Gasteiger partial charge in [-0.3, -0.25) is 0 Å². The Morgan fingerprint density at radius 2 is 1.41 bits per heavy atom. The molecule has 0 amide bonds. The molecule has 29 heavy (non-hydrogen) atoms. The van der Waals surface area contributed by atoms with Crippen molar-refractivity contribution in [2.24, 2.45) is 10.9 Å². The largest absolute Gasteiger partial charge is 0.406 e. The zero-order chi connectivity index (χ0) is 21.8. The zero-order valence-electron chi connectivity index (χ0n) is 19.7. The lowest BCUT2D eigenvalue weighted by atomic mass is 10.0. The molecule has 1 atom stereocenters. The Kier molecular flexibility index (Phi) is 11.6. The molecule has 0 aromatic carbocycles. The van der Waals surface area contributed by atoms with Crippen molar-refractivity contribution in [3.05, 3.63) is 46.6 Å². The maximum absolute atomic E-state index is 11.9. The molecule has 0 fully saturated rings. The van der Waals surface area contributed by atoms with Gasteiger partial charge in [-0.05, 0) is 91.6 Å². The van der Waals surface area contributed by atoms with E-state index >= 15 is 0 Å². The molecule has 3 nitrogen and oxygen atoms in total. The van der Waals surface area contributed by atoms with E-state index in [0.29, 0.717) is 11.8 Å². The number of esters is 1. The fourth-order valence-electron chi connectivity index (χ4n) is 3.23. The maximum atomic E-state index is 11.9. The smallest absolute Gasteiger partial charge is 0.337 e. The minimum Gasteiger partial charge on any atom is -0.406 e. The van der Waals surface area contributed by atoms with E-state index in [0.717, 1.165) is 44.9 Å². The average Bonchev–Trinajstić information content (AvgIpc) is 2.92. The SMILES string of the molecule is CC(C)=CCC/C(C)=C/CC/C(C)=C/CC/C(C)=C/C1=N[C@H](CC(C)C)C(=O)O1. The zero-order valence-corrected chi connectivity index (χ0v) is 19.7. The second kappa shape index (κ2) is 13.3. The van der Waals surface area contributed by atoms with Crippen LogP contribution in [0.25, 0.3) is 0 Å². The lowest BCUT2D eigenvalue weighted by Crippen LogP contribution is -2.16. The van der Waals surface area contributed by atoms with Crippen LogP contribution in [0.15, 0.2) is 51.6 Å². The van der Waals surface area contributed by atoms with Crippen molar-refractivity contribution in [3.8, 4) is 0 Å². The molecule has 0 unspecified atom stereocenters.